The standard InChI is InChI=1S/C16H22N4O3S/c1-15(2,3)10-9-24-13(17-10)18-11(21)8-20-12(22)16(19-14(20)23)6-4-5-7-16/h9H,4-8H2,1-3H3,(H,19,23)(H,17,18,21). The van der Waals surface area contributed by atoms with E-state index in [-0.39, 0.29) is 17.9 Å². The van der Waals surface area contributed by atoms with E-state index in [0.29, 0.717) is 18.0 Å². The van der Waals surface area contributed by atoms with Gasteiger partial charge in [0.15, 0.2) is 5.13 Å². The highest BCUT2D eigenvalue weighted by Gasteiger charge is 2.52. The molecule has 0 aromatic carbocycles. The van der Waals surface area contributed by atoms with Crippen molar-refractivity contribution in [2.24, 2.45) is 0 Å². The van der Waals surface area contributed by atoms with Crippen molar-refractivity contribution in [2.45, 2.75) is 57.4 Å². The molecule has 24 heavy (non-hydrogen) atoms. The van der Waals surface area contributed by atoms with E-state index in [1.807, 2.05) is 26.2 Å². The van der Waals surface area contributed by atoms with Gasteiger partial charge in [-0.3, -0.25) is 14.5 Å². The lowest BCUT2D eigenvalue weighted by Crippen LogP contribution is -2.44. The third-order valence-electron chi connectivity index (χ3n) is 4.52. The van der Waals surface area contributed by atoms with Gasteiger partial charge in [0, 0.05) is 10.8 Å². The third kappa shape index (κ3) is 3.02. The number of nitrogens with zero attached hydrogens (tertiary/aromatic N) is 2. The molecule has 2 N–H and O–H groups in total. The molecule has 2 fully saturated rings. The summed E-state index contributed by atoms with van der Waals surface area (Å²) < 4.78 is 0. The van der Waals surface area contributed by atoms with Crippen LogP contribution in [0, 0.1) is 0 Å². The van der Waals surface area contributed by atoms with Crippen LogP contribution in [0.5, 0.6) is 0 Å². The predicted octanol–water partition coefficient (Wildman–Crippen LogP) is 2.24. The molecule has 7 nitrogen and oxygen atoms in total. The van der Waals surface area contributed by atoms with Gasteiger partial charge in [-0.05, 0) is 12.8 Å². The smallest absolute Gasteiger partial charge is 0.323 e. The van der Waals surface area contributed by atoms with Gasteiger partial charge in [-0.15, -0.1) is 11.3 Å². The van der Waals surface area contributed by atoms with Crippen LogP contribution in [0.1, 0.15) is 52.1 Å². The molecule has 1 saturated carbocycles. The van der Waals surface area contributed by atoms with Crippen molar-refractivity contribution in [3.63, 3.8) is 0 Å². The number of thiazole rings is 1. The molecule has 4 amide bonds. The fourth-order valence-corrected chi connectivity index (χ4v) is 4.07. The van der Waals surface area contributed by atoms with Gasteiger partial charge in [0.2, 0.25) is 5.91 Å². The molecule has 1 saturated heterocycles. The number of imide groups is 1. The minimum Gasteiger partial charge on any atom is -0.323 e. The quantitative estimate of drug-likeness (QED) is 0.818. The summed E-state index contributed by atoms with van der Waals surface area (Å²) in [4.78, 5) is 42.2. The third-order valence-corrected chi connectivity index (χ3v) is 5.28. The molecule has 1 spiro atoms. The minimum atomic E-state index is -0.780. The van der Waals surface area contributed by atoms with Crippen LogP contribution in [0.4, 0.5) is 9.93 Å². The van der Waals surface area contributed by atoms with Crippen LogP contribution in [-0.4, -0.2) is 39.8 Å². The Labute approximate surface area is 144 Å². The molecule has 1 aliphatic carbocycles. The number of nitrogens with one attached hydrogen (secondary N) is 2. The molecule has 0 atom stereocenters. The van der Waals surface area contributed by atoms with E-state index >= 15 is 0 Å². The second kappa shape index (κ2) is 5.84. The monoisotopic (exact) mass is 350 g/mol. The second-order valence-electron chi connectivity index (χ2n) is 7.45. The molecule has 1 aliphatic heterocycles. The van der Waals surface area contributed by atoms with Gasteiger partial charge in [0.25, 0.3) is 5.91 Å². The first-order chi connectivity index (χ1) is 11.2. The van der Waals surface area contributed by atoms with Crippen LogP contribution in [0.3, 0.4) is 0 Å². The molecule has 0 radical (unpaired) electrons. The average Bonchev–Trinajstić information content (AvgIpc) is 3.17. The average molecular weight is 350 g/mol. The van der Waals surface area contributed by atoms with Gasteiger partial charge in [-0.2, -0.15) is 0 Å². The molecule has 0 bridgehead atoms. The zero-order valence-corrected chi connectivity index (χ0v) is 15.0. The number of anilines is 1. The minimum absolute atomic E-state index is 0.0981. The maximum absolute atomic E-state index is 12.5. The number of amides is 4. The van der Waals surface area contributed by atoms with Gasteiger partial charge in [-0.25, -0.2) is 9.78 Å². The molecule has 1 aromatic rings. The summed E-state index contributed by atoms with van der Waals surface area (Å²) in [5, 5.41) is 7.82. The lowest BCUT2D eigenvalue weighted by atomic mass is 9.93. The van der Waals surface area contributed by atoms with E-state index in [1.165, 1.54) is 11.3 Å². The molecule has 8 heteroatoms. The summed E-state index contributed by atoms with van der Waals surface area (Å²) in [6.07, 6.45) is 3.13. The van der Waals surface area contributed by atoms with Crippen molar-refractivity contribution in [3.8, 4) is 0 Å². The van der Waals surface area contributed by atoms with Crippen LogP contribution >= 0.6 is 11.3 Å². The Morgan fingerprint density at radius 3 is 2.62 bits per heavy atom. The van der Waals surface area contributed by atoms with Gasteiger partial charge in [0.1, 0.15) is 12.1 Å². The summed E-state index contributed by atoms with van der Waals surface area (Å²) in [7, 11) is 0. The Balaban J connectivity index is 1.64. The van der Waals surface area contributed by atoms with Gasteiger partial charge in [-0.1, -0.05) is 33.6 Å². The maximum Gasteiger partial charge on any atom is 0.325 e. The van der Waals surface area contributed by atoms with E-state index in [1.54, 1.807) is 0 Å². The van der Waals surface area contributed by atoms with Crippen LogP contribution < -0.4 is 10.6 Å². The molecule has 2 heterocycles. The zero-order chi connectivity index (χ0) is 17.5. The summed E-state index contributed by atoms with van der Waals surface area (Å²) >= 11 is 1.34. The fourth-order valence-electron chi connectivity index (χ4n) is 3.12. The van der Waals surface area contributed by atoms with Crippen molar-refractivity contribution in [1.29, 1.82) is 0 Å². The van der Waals surface area contributed by atoms with Gasteiger partial charge < -0.3 is 10.6 Å². The van der Waals surface area contributed by atoms with E-state index in [4.69, 9.17) is 0 Å². The number of carbonyl (C=O) groups is 3. The molecule has 2 aliphatic rings. The Kier molecular flexibility index (Phi) is 4.11. The molecule has 0 unspecified atom stereocenters. The number of hydrogen-bond donors (Lipinski definition) is 2. The van der Waals surface area contributed by atoms with Crippen molar-refractivity contribution in [1.82, 2.24) is 15.2 Å². The van der Waals surface area contributed by atoms with Gasteiger partial charge >= 0.3 is 6.03 Å². The number of urea groups is 1. The highest BCUT2D eigenvalue weighted by molar-refractivity contribution is 7.13. The van der Waals surface area contributed by atoms with Crippen molar-refractivity contribution in [2.75, 3.05) is 11.9 Å². The molecular weight excluding hydrogens is 328 g/mol. The predicted molar refractivity (Wildman–Crippen MR) is 90.9 cm³/mol. The molecular formula is C16H22N4O3S. The fraction of sp³-hybridized carbons (Fsp3) is 0.625. The van der Waals surface area contributed by atoms with Crippen LogP contribution in [-0.2, 0) is 15.0 Å². The van der Waals surface area contributed by atoms with Crippen LogP contribution in [0.25, 0.3) is 0 Å². The number of carbonyl (C=O) groups excluding carboxylic acids is 3. The summed E-state index contributed by atoms with van der Waals surface area (Å²) in [5.74, 6) is -0.696. The summed E-state index contributed by atoms with van der Waals surface area (Å²) in [5.41, 5.74) is 0.0135. The van der Waals surface area contributed by atoms with Crippen molar-refractivity contribution >= 4 is 34.3 Å². The Morgan fingerprint density at radius 1 is 1.38 bits per heavy atom. The Morgan fingerprint density at radius 2 is 2.04 bits per heavy atom. The summed E-state index contributed by atoms with van der Waals surface area (Å²) in [6, 6.07) is -0.480. The lowest BCUT2D eigenvalue weighted by molar-refractivity contribution is -0.133. The van der Waals surface area contributed by atoms with E-state index < -0.39 is 17.5 Å². The van der Waals surface area contributed by atoms with Crippen molar-refractivity contribution in [3.05, 3.63) is 11.1 Å². The summed E-state index contributed by atoms with van der Waals surface area (Å²) in [6.45, 7) is 5.85. The number of rotatable bonds is 3. The highest BCUT2D eigenvalue weighted by Crippen LogP contribution is 2.35. The second-order valence-corrected chi connectivity index (χ2v) is 8.30. The first-order valence-electron chi connectivity index (χ1n) is 8.11. The molecule has 130 valence electrons. The highest BCUT2D eigenvalue weighted by atomic mass is 32.1. The Hall–Kier alpha value is -1.96. The largest absolute Gasteiger partial charge is 0.325 e. The maximum atomic E-state index is 12.5. The van der Waals surface area contributed by atoms with E-state index in [9.17, 15) is 14.4 Å². The van der Waals surface area contributed by atoms with Crippen LogP contribution in [0.2, 0.25) is 0 Å². The normalized spacial score (nSPS) is 19.9. The first-order valence-corrected chi connectivity index (χ1v) is 8.99. The SMILES string of the molecule is CC(C)(C)c1csc(NC(=O)CN2C(=O)NC3(CCCC3)C2=O)n1. The number of hydrogen-bond acceptors (Lipinski definition) is 5. The van der Waals surface area contributed by atoms with Crippen molar-refractivity contribution < 1.29 is 14.4 Å². The van der Waals surface area contributed by atoms with Gasteiger partial charge in [0.05, 0.1) is 5.69 Å². The zero-order valence-electron chi connectivity index (χ0n) is 14.1. The van der Waals surface area contributed by atoms with Crippen LogP contribution in [0.15, 0.2) is 5.38 Å². The Bertz CT molecular complexity index is 686. The van der Waals surface area contributed by atoms with E-state index in [0.717, 1.165) is 23.4 Å². The topological polar surface area (TPSA) is 91.4 Å². The van der Waals surface area contributed by atoms with E-state index in [2.05, 4.69) is 15.6 Å². The molecule has 1 aromatic heterocycles. The lowest BCUT2D eigenvalue weighted by Gasteiger charge is -2.19. The molecule has 3 rings (SSSR count). The number of aromatic nitrogens is 1. The first kappa shape index (κ1) is 16.9.